The van der Waals surface area contributed by atoms with Crippen LogP contribution in [-0.4, -0.2) is 55.1 Å². The molecule has 0 aliphatic heterocycles. The first-order valence-electron chi connectivity index (χ1n) is 9.30. The summed E-state index contributed by atoms with van der Waals surface area (Å²) >= 11 is 0. The van der Waals surface area contributed by atoms with E-state index in [1.165, 1.54) is 7.05 Å². The van der Waals surface area contributed by atoms with E-state index >= 15 is 0 Å². The minimum Gasteiger partial charge on any atom is -0.496 e. The maximum Gasteiger partial charge on any atom is 0.227 e. The summed E-state index contributed by atoms with van der Waals surface area (Å²) in [5, 5.41) is 12.1. The zero-order valence-electron chi connectivity index (χ0n) is 16.8. The zero-order valence-corrected chi connectivity index (χ0v) is 17.6. The van der Waals surface area contributed by atoms with Gasteiger partial charge in [0.1, 0.15) is 5.75 Å². The number of hydrogen-bond donors (Lipinski definition) is 2. The summed E-state index contributed by atoms with van der Waals surface area (Å²) in [5.74, 6) is 0.929. The van der Waals surface area contributed by atoms with E-state index in [1.807, 2.05) is 30.3 Å². The molecule has 3 aromatic rings. The maximum absolute atomic E-state index is 12.4. The lowest BCUT2D eigenvalue weighted by molar-refractivity contribution is 0.266. The topological polar surface area (TPSA) is 105 Å². The number of rotatable bonds is 9. The number of hydrogen-bond acceptors (Lipinski definition) is 7. The van der Waals surface area contributed by atoms with Gasteiger partial charge < -0.3 is 15.2 Å². The van der Waals surface area contributed by atoms with Gasteiger partial charge in [-0.2, -0.15) is 0 Å². The molecular weight excluding hydrogens is 404 g/mol. The van der Waals surface area contributed by atoms with Crippen LogP contribution in [0.1, 0.15) is 5.56 Å². The summed E-state index contributed by atoms with van der Waals surface area (Å²) in [4.78, 5) is 8.80. The second-order valence-corrected chi connectivity index (χ2v) is 8.67. The van der Waals surface area contributed by atoms with Crippen LogP contribution in [-0.2, 0) is 15.8 Å². The van der Waals surface area contributed by atoms with Gasteiger partial charge in [0.25, 0.3) is 0 Å². The quantitative estimate of drug-likeness (QED) is 0.540. The first-order valence-corrected chi connectivity index (χ1v) is 10.9. The third-order valence-electron chi connectivity index (χ3n) is 4.46. The summed E-state index contributed by atoms with van der Waals surface area (Å²) in [5.41, 5.74) is 2.84. The highest BCUT2D eigenvalue weighted by atomic mass is 32.2. The molecule has 0 saturated heterocycles. The predicted octanol–water partition coefficient (Wildman–Crippen LogP) is 2.65. The average molecular weight is 429 g/mol. The van der Waals surface area contributed by atoms with Gasteiger partial charge in [0, 0.05) is 31.0 Å². The van der Waals surface area contributed by atoms with Gasteiger partial charge in [0.2, 0.25) is 16.0 Å². The molecule has 158 valence electrons. The molecule has 0 aliphatic carbocycles. The minimum atomic E-state index is -3.52. The third kappa shape index (κ3) is 5.32. The van der Waals surface area contributed by atoms with Crippen molar-refractivity contribution in [1.29, 1.82) is 0 Å². The number of sulfonamides is 1. The van der Waals surface area contributed by atoms with E-state index in [0.717, 1.165) is 9.87 Å². The molecule has 2 aromatic carbocycles. The van der Waals surface area contributed by atoms with E-state index in [-0.39, 0.29) is 18.9 Å². The summed E-state index contributed by atoms with van der Waals surface area (Å²) in [7, 11) is -0.458. The van der Waals surface area contributed by atoms with E-state index in [4.69, 9.17) is 9.84 Å². The van der Waals surface area contributed by atoms with Crippen molar-refractivity contribution in [3.8, 4) is 17.0 Å². The van der Waals surface area contributed by atoms with Crippen molar-refractivity contribution in [1.82, 2.24) is 14.3 Å². The van der Waals surface area contributed by atoms with E-state index in [2.05, 4.69) is 15.3 Å². The lowest BCUT2D eigenvalue weighted by atomic mass is 10.1. The molecule has 0 unspecified atom stereocenters. The maximum atomic E-state index is 12.4. The number of nitrogens with one attached hydrogen (secondary N) is 1. The van der Waals surface area contributed by atoms with Crippen LogP contribution in [0.3, 0.4) is 0 Å². The molecule has 8 nitrogen and oxygen atoms in total. The van der Waals surface area contributed by atoms with Gasteiger partial charge in [0.05, 0.1) is 25.2 Å². The number of ether oxygens (including phenoxy) is 1. The Labute approximate surface area is 176 Å². The van der Waals surface area contributed by atoms with Crippen LogP contribution in [0.15, 0.2) is 60.8 Å². The van der Waals surface area contributed by atoms with Crippen molar-refractivity contribution in [3.05, 3.63) is 66.4 Å². The number of aromatic nitrogens is 2. The third-order valence-corrected chi connectivity index (χ3v) is 6.29. The van der Waals surface area contributed by atoms with Gasteiger partial charge in [0.15, 0.2) is 0 Å². The zero-order chi connectivity index (χ0) is 21.6. The second kappa shape index (κ2) is 9.66. The predicted molar refractivity (Wildman–Crippen MR) is 116 cm³/mol. The van der Waals surface area contributed by atoms with E-state index in [0.29, 0.717) is 28.6 Å². The fourth-order valence-corrected chi connectivity index (χ4v) is 4.07. The number of methoxy groups -OCH3 is 1. The van der Waals surface area contributed by atoms with Gasteiger partial charge in [-0.3, -0.25) is 0 Å². The number of para-hydroxylation sites is 1. The molecule has 9 heteroatoms. The van der Waals surface area contributed by atoms with Gasteiger partial charge in [-0.15, -0.1) is 0 Å². The molecule has 0 atom stereocenters. The fraction of sp³-hybridized carbons (Fsp3) is 0.238. The first kappa shape index (κ1) is 21.7. The highest BCUT2D eigenvalue weighted by Gasteiger charge is 2.18. The SMILES string of the molecule is COc1ccccc1-c1ccnc(Nc2cccc(CS(=O)(=O)N(C)CCO)c2)n1. The van der Waals surface area contributed by atoms with Crippen LogP contribution in [0.4, 0.5) is 11.6 Å². The minimum absolute atomic E-state index is 0.0594. The van der Waals surface area contributed by atoms with Crippen LogP contribution >= 0.6 is 0 Å². The van der Waals surface area contributed by atoms with Crippen LogP contribution in [0.2, 0.25) is 0 Å². The Hall–Kier alpha value is -3.01. The second-order valence-electron chi connectivity index (χ2n) is 6.59. The molecule has 0 aliphatic rings. The molecule has 0 amide bonds. The standard InChI is InChI=1S/C21H24N4O4S/c1-25(12-13-26)30(27,28)15-16-6-5-7-17(14-16)23-21-22-11-10-19(24-21)18-8-3-4-9-20(18)29-2/h3-11,14,26H,12-13,15H2,1-2H3,(H,22,23,24). The van der Waals surface area contributed by atoms with Crippen molar-refractivity contribution in [3.63, 3.8) is 0 Å². The monoisotopic (exact) mass is 428 g/mol. The molecule has 2 N–H and O–H groups in total. The van der Waals surface area contributed by atoms with E-state index in [1.54, 1.807) is 37.6 Å². The first-order chi connectivity index (χ1) is 14.4. The number of aliphatic hydroxyl groups is 1. The lowest BCUT2D eigenvalue weighted by Gasteiger charge is -2.16. The molecule has 0 saturated carbocycles. The van der Waals surface area contributed by atoms with Crippen LogP contribution in [0.5, 0.6) is 5.75 Å². The molecule has 1 aromatic heterocycles. The Morgan fingerprint density at radius 1 is 1.13 bits per heavy atom. The highest BCUT2D eigenvalue weighted by molar-refractivity contribution is 7.88. The fourth-order valence-electron chi connectivity index (χ4n) is 2.89. The van der Waals surface area contributed by atoms with Crippen molar-refractivity contribution >= 4 is 21.7 Å². The number of nitrogens with zero attached hydrogens (tertiary/aromatic N) is 3. The molecule has 0 radical (unpaired) electrons. The number of benzene rings is 2. The van der Waals surface area contributed by atoms with E-state index < -0.39 is 10.0 Å². The molecule has 1 heterocycles. The van der Waals surface area contributed by atoms with Gasteiger partial charge in [-0.1, -0.05) is 24.3 Å². The van der Waals surface area contributed by atoms with E-state index in [9.17, 15) is 8.42 Å². The largest absolute Gasteiger partial charge is 0.496 e. The van der Waals surface area contributed by atoms with Gasteiger partial charge in [-0.25, -0.2) is 22.7 Å². The number of aliphatic hydroxyl groups excluding tert-OH is 1. The van der Waals surface area contributed by atoms with Gasteiger partial charge in [-0.05, 0) is 35.9 Å². The summed E-state index contributed by atoms with van der Waals surface area (Å²) in [6, 6.07) is 16.4. The van der Waals surface area contributed by atoms with Crippen molar-refractivity contribution in [2.75, 3.05) is 32.6 Å². The van der Waals surface area contributed by atoms with Crippen molar-refractivity contribution in [2.45, 2.75) is 5.75 Å². The Morgan fingerprint density at radius 2 is 1.93 bits per heavy atom. The van der Waals surface area contributed by atoms with Crippen molar-refractivity contribution in [2.24, 2.45) is 0 Å². The highest BCUT2D eigenvalue weighted by Crippen LogP contribution is 2.28. The summed E-state index contributed by atoms with van der Waals surface area (Å²) < 4.78 is 31.3. The Balaban J connectivity index is 1.80. The van der Waals surface area contributed by atoms with Crippen LogP contribution in [0, 0.1) is 0 Å². The van der Waals surface area contributed by atoms with Crippen LogP contribution < -0.4 is 10.1 Å². The average Bonchev–Trinajstić information content (AvgIpc) is 2.74. The molecule has 30 heavy (non-hydrogen) atoms. The Kier molecular flexibility index (Phi) is 6.99. The smallest absolute Gasteiger partial charge is 0.227 e. The molecule has 3 rings (SSSR count). The van der Waals surface area contributed by atoms with Gasteiger partial charge >= 0.3 is 0 Å². The Morgan fingerprint density at radius 3 is 2.70 bits per heavy atom. The number of likely N-dealkylation sites (N-methyl/N-ethyl adjacent to an activating group) is 1. The lowest BCUT2D eigenvalue weighted by Crippen LogP contribution is -2.30. The Bertz CT molecular complexity index is 1110. The normalized spacial score (nSPS) is 11.5. The summed E-state index contributed by atoms with van der Waals surface area (Å²) in [6.45, 7) is -0.166. The number of anilines is 2. The van der Waals surface area contributed by atoms with Crippen LogP contribution in [0.25, 0.3) is 11.3 Å². The molecule has 0 spiro atoms. The molecular formula is C21H24N4O4S. The van der Waals surface area contributed by atoms with Crippen molar-refractivity contribution < 1.29 is 18.3 Å². The summed E-state index contributed by atoms with van der Waals surface area (Å²) in [6.07, 6.45) is 1.65. The molecule has 0 bridgehead atoms. The molecule has 0 fully saturated rings.